The third-order valence-corrected chi connectivity index (χ3v) is 4.04. The molecule has 0 aliphatic heterocycles. The van der Waals surface area contributed by atoms with Crippen LogP contribution in [-0.4, -0.2) is 35.6 Å². The second-order valence-corrected chi connectivity index (χ2v) is 5.04. The minimum Gasteiger partial charge on any atom is -0.377 e. The fourth-order valence-electron chi connectivity index (χ4n) is 3.03. The molecule has 0 spiro atoms. The van der Waals surface area contributed by atoms with Crippen LogP contribution in [0.5, 0.6) is 0 Å². The molecule has 1 heterocycles. The van der Waals surface area contributed by atoms with Gasteiger partial charge in [-0.2, -0.15) is 5.10 Å². The fourth-order valence-corrected chi connectivity index (χ4v) is 3.03. The number of hydrogen-bond donors (Lipinski definition) is 1. The Kier molecular flexibility index (Phi) is 3.84. The van der Waals surface area contributed by atoms with Gasteiger partial charge in [0.1, 0.15) is 0 Å². The molecule has 96 valence electrons. The Morgan fingerprint density at radius 1 is 1.53 bits per heavy atom. The molecule has 0 radical (unpaired) electrons. The molecule has 4 heteroatoms. The largest absolute Gasteiger partial charge is 0.377 e. The van der Waals surface area contributed by atoms with Crippen LogP contribution in [0.4, 0.5) is 0 Å². The highest BCUT2D eigenvalue weighted by Crippen LogP contribution is 2.36. The van der Waals surface area contributed by atoms with Crippen LogP contribution in [0.25, 0.3) is 0 Å². The molecule has 2 rings (SSSR count). The Morgan fingerprint density at radius 3 is 2.71 bits per heavy atom. The maximum atomic E-state index is 5.84. The van der Waals surface area contributed by atoms with E-state index >= 15 is 0 Å². The van der Waals surface area contributed by atoms with E-state index in [0.29, 0.717) is 6.04 Å². The SMILES string of the molecule is CNC(Cc1cnn(C)c1)C1(OC)CCCC1. The lowest BCUT2D eigenvalue weighted by Gasteiger charge is -2.36. The molecular weight excluding hydrogens is 214 g/mol. The van der Waals surface area contributed by atoms with Gasteiger partial charge in [0, 0.05) is 26.4 Å². The molecule has 1 fully saturated rings. The standard InChI is InChI=1S/C13H23N3O/c1-14-12(8-11-9-15-16(2)10-11)13(17-3)6-4-5-7-13/h9-10,12,14H,4-8H2,1-3H3. The molecule has 17 heavy (non-hydrogen) atoms. The number of nitrogens with one attached hydrogen (secondary N) is 1. The highest BCUT2D eigenvalue weighted by Gasteiger charge is 2.40. The summed E-state index contributed by atoms with van der Waals surface area (Å²) < 4.78 is 7.70. The Labute approximate surface area is 103 Å². The van der Waals surface area contributed by atoms with E-state index in [1.807, 2.05) is 32.1 Å². The predicted molar refractivity (Wildman–Crippen MR) is 68.0 cm³/mol. The van der Waals surface area contributed by atoms with Gasteiger partial charge in [-0.05, 0) is 31.9 Å². The molecule has 1 aliphatic carbocycles. The maximum absolute atomic E-state index is 5.84. The number of methoxy groups -OCH3 is 1. The average molecular weight is 237 g/mol. The molecule has 1 aromatic rings. The van der Waals surface area contributed by atoms with Crippen LogP contribution < -0.4 is 5.32 Å². The van der Waals surface area contributed by atoms with Gasteiger partial charge in [0.2, 0.25) is 0 Å². The summed E-state index contributed by atoms with van der Waals surface area (Å²) in [4.78, 5) is 0. The van der Waals surface area contributed by atoms with Crippen LogP contribution in [-0.2, 0) is 18.2 Å². The monoisotopic (exact) mass is 237 g/mol. The minimum absolute atomic E-state index is 0.0184. The lowest BCUT2D eigenvalue weighted by atomic mass is 9.88. The van der Waals surface area contributed by atoms with Gasteiger partial charge in [0.15, 0.2) is 0 Å². The summed E-state index contributed by atoms with van der Waals surface area (Å²) in [5, 5.41) is 7.66. The molecule has 4 nitrogen and oxygen atoms in total. The van der Waals surface area contributed by atoms with Gasteiger partial charge >= 0.3 is 0 Å². The first-order valence-corrected chi connectivity index (χ1v) is 6.40. The first kappa shape index (κ1) is 12.6. The third kappa shape index (κ3) is 2.53. The first-order chi connectivity index (χ1) is 8.20. The van der Waals surface area contributed by atoms with E-state index in [4.69, 9.17) is 4.74 Å². The summed E-state index contributed by atoms with van der Waals surface area (Å²) in [7, 11) is 5.83. The Hall–Kier alpha value is -0.870. The summed E-state index contributed by atoms with van der Waals surface area (Å²) >= 11 is 0. The fraction of sp³-hybridized carbons (Fsp3) is 0.769. The highest BCUT2D eigenvalue weighted by molar-refractivity contribution is 5.10. The van der Waals surface area contributed by atoms with E-state index in [1.165, 1.54) is 18.4 Å². The smallest absolute Gasteiger partial charge is 0.0834 e. The van der Waals surface area contributed by atoms with E-state index in [1.54, 1.807) is 0 Å². The lowest BCUT2D eigenvalue weighted by molar-refractivity contribution is -0.0336. The van der Waals surface area contributed by atoms with Crippen molar-refractivity contribution in [2.24, 2.45) is 7.05 Å². The molecule has 0 bridgehead atoms. The molecule has 1 unspecified atom stereocenters. The van der Waals surface area contributed by atoms with Crippen LogP contribution in [0.1, 0.15) is 31.2 Å². The first-order valence-electron chi connectivity index (χ1n) is 6.40. The van der Waals surface area contributed by atoms with Crippen LogP contribution in [0.2, 0.25) is 0 Å². The van der Waals surface area contributed by atoms with Crippen LogP contribution >= 0.6 is 0 Å². The second-order valence-electron chi connectivity index (χ2n) is 5.04. The van der Waals surface area contributed by atoms with Gasteiger partial charge in [0.25, 0.3) is 0 Å². The number of aryl methyl sites for hydroxylation is 1. The molecule has 1 aliphatic rings. The summed E-state index contributed by atoms with van der Waals surface area (Å²) in [5.41, 5.74) is 1.29. The zero-order chi connectivity index (χ0) is 12.3. The number of rotatable bonds is 5. The Balaban J connectivity index is 2.10. The zero-order valence-corrected chi connectivity index (χ0v) is 11.1. The van der Waals surface area contributed by atoms with Gasteiger partial charge in [0.05, 0.1) is 11.8 Å². The van der Waals surface area contributed by atoms with Crippen molar-refractivity contribution in [3.8, 4) is 0 Å². The van der Waals surface area contributed by atoms with Gasteiger partial charge in [-0.25, -0.2) is 0 Å². The van der Waals surface area contributed by atoms with Crippen molar-refractivity contribution < 1.29 is 4.74 Å². The maximum Gasteiger partial charge on any atom is 0.0834 e. The number of nitrogens with zero attached hydrogens (tertiary/aromatic N) is 2. The summed E-state index contributed by atoms with van der Waals surface area (Å²) in [6.07, 6.45) is 9.89. The van der Waals surface area contributed by atoms with Crippen molar-refractivity contribution in [2.45, 2.75) is 43.7 Å². The Morgan fingerprint density at radius 2 is 2.24 bits per heavy atom. The molecule has 0 aromatic carbocycles. The molecular formula is C13H23N3O. The molecule has 1 N–H and O–H groups in total. The molecule has 1 aromatic heterocycles. The normalized spacial score (nSPS) is 20.6. The minimum atomic E-state index is 0.0184. The molecule has 0 amide bonds. The van der Waals surface area contributed by atoms with Crippen molar-refractivity contribution in [3.05, 3.63) is 18.0 Å². The topological polar surface area (TPSA) is 39.1 Å². The van der Waals surface area contributed by atoms with Crippen LogP contribution in [0.15, 0.2) is 12.4 Å². The summed E-state index contributed by atoms with van der Waals surface area (Å²) in [6.45, 7) is 0. The average Bonchev–Trinajstić information content (AvgIpc) is 2.95. The van der Waals surface area contributed by atoms with Gasteiger partial charge in [-0.1, -0.05) is 12.8 Å². The number of ether oxygens (including phenoxy) is 1. The van der Waals surface area contributed by atoms with Crippen molar-refractivity contribution in [2.75, 3.05) is 14.2 Å². The van der Waals surface area contributed by atoms with Crippen molar-refractivity contribution in [1.82, 2.24) is 15.1 Å². The van der Waals surface area contributed by atoms with Crippen molar-refractivity contribution in [3.63, 3.8) is 0 Å². The summed E-state index contributed by atoms with van der Waals surface area (Å²) in [5.74, 6) is 0. The van der Waals surface area contributed by atoms with E-state index in [2.05, 4.69) is 16.6 Å². The van der Waals surface area contributed by atoms with Gasteiger partial charge in [-0.15, -0.1) is 0 Å². The Bertz CT molecular complexity index is 355. The van der Waals surface area contributed by atoms with E-state index in [-0.39, 0.29) is 5.60 Å². The number of aromatic nitrogens is 2. The number of hydrogen-bond acceptors (Lipinski definition) is 3. The van der Waals surface area contributed by atoms with Crippen LogP contribution in [0.3, 0.4) is 0 Å². The quantitative estimate of drug-likeness (QED) is 0.843. The molecule has 1 saturated carbocycles. The highest BCUT2D eigenvalue weighted by atomic mass is 16.5. The lowest BCUT2D eigenvalue weighted by Crippen LogP contribution is -2.50. The van der Waals surface area contributed by atoms with E-state index in [0.717, 1.165) is 19.3 Å². The van der Waals surface area contributed by atoms with Crippen molar-refractivity contribution >= 4 is 0 Å². The molecule has 0 saturated heterocycles. The van der Waals surface area contributed by atoms with Gasteiger partial charge < -0.3 is 10.1 Å². The third-order valence-electron chi connectivity index (χ3n) is 4.04. The number of likely N-dealkylation sites (N-methyl/N-ethyl adjacent to an activating group) is 1. The zero-order valence-electron chi connectivity index (χ0n) is 11.1. The van der Waals surface area contributed by atoms with Crippen LogP contribution in [0, 0.1) is 0 Å². The van der Waals surface area contributed by atoms with Gasteiger partial charge in [-0.3, -0.25) is 4.68 Å². The summed E-state index contributed by atoms with van der Waals surface area (Å²) in [6, 6.07) is 0.374. The van der Waals surface area contributed by atoms with E-state index < -0.39 is 0 Å². The predicted octanol–water partition coefficient (Wildman–Crippen LogP) is 1.51. The van der Waals surface area contributed by atoms with Crippen molar-refractivity contribution in [1.29, 1.82) is 0 Å². The molecule has 1 atom stereocenters. The second kappa shape index (κ2) is 5.19. The van der Waals surface area contributed by atoms with E-state index in [9.17, 15) is 0 Å².